The molecule has 3 nitrogen and oxygen atoms in total. The van der Waals surface area contributed by atoms with E-state index in [4.69, 9.17) is 5.73 Å². The van der Waals surface area contributed by atoms with Crippen molar-refractivity contribution in [3.8, 4) is 0 Å². The largest absolute Gasteiger partial charge is 0.368 e. The number of nitrogens with two attached hydrogens (primary N) is 1. The fourth-order valence-electron chi connectivity index (χ4n) is 2.58. The first-order valence-electron chi connectivity index (χ1n) is 6.19. The molecule has 2 rings (SSSR count). The van der Waals surface area contributed by atoms with Crippen molar-refractivity contribution in [1.29, 1.82) is 0 Å². The molecule has 1 aromatic carbocycles. The molecular formula is C14H20N2O. The summed E-state index contributed by atoms with van der Waals surface area (Å²) in [6.45, 7) is 4.16. The number of rotatable bonds is 4. The molecule has 1 fully saturated rings. The van der Waals surface area contributed by atoms with E-state index in [0.717, 1.165) is 12.8 Å². The van der Waals surface area contributed by atoms with Crippen LogP contribution in [-0.4, -0.2) is 11.4 Å². The predicted octanol–water partition coefficient (Wildman–Crippen LogP) is 1.99. The molecule has 3 N–H and O–H groups in total. The maximum atomic E-state index is 11.6. The minimum absolute atomic E-state index is 0.145. The third-order valence-electron chi connectivity index (χ3n) is 4.03. The number of nitrogens with one attached hydrogen (secondary N) is 1. The molecule has 0 saturated heterocycles. The molecule has 0 aromatic heterocycles. The number of carbonyl (C=O) groups is 1. The van der Waals surface area contributed by atoms with Gasteiger partial charge in [-0.05, 0) is 31.2 Å². The SMILES string of the molecule is C[C@@H]1CC[C@]1(N[C@H](C)c1ccccc1)C(N)=O. The van der Waals surface area contributed by atoms with Crippen LogP contribution in [0, 0.1) is 5.92 Å². The second kappa shape index (κ2) is 4.49. The van der Waals surface area contributed by atoms with E-state index in [1.807, 2.05) is 18.2 Å². The Bertz CT molecular complexity index is 404. The number of carbonyl (C=O) groups excluding carboxylic acids is 1. The topological polar surface area (TPSA) is 55.1 Å². The van der Waals surface area contributed by atoms with Crippen LogP contribution >= 0.6 is 0 Å². The quantitative estimate of drug-likeness (QED) is 0.834. The zero-order valence-electron chi connectivity index (χ0n) is 10.4. The monoisotopic (exact) mass is 232 g/mol. The fraction of sp³-hybridized carbons (Fsp3) is 0.500. The highest BCUT2D eigenvalue weighted by Gasteiger charge is 2.49. The molecule has 3 heteroatoms. The van der Waals surface area contributed by atoms with Gasteiger partial charge in [-0.2, -0.15) is 0 Å². The summed E-state index contributed by atoms with van der Waals surface area (Å²) in [5, 5.41) is 3.42. The van der Waals surface area contributed by atoms with E-state index in [9.17, 15) is 4.79 Å². The van der Waals surface area contributed by atoms with Gasteiger partial charge in [-0.3, -0.25) is 10.1 Å². The van der Waals surface area contributed by atoms with E-state index in [1.165, 1.54) is 5.56 Å². The molecule has 1 aromatic rings. The van der Waals surface area contributed by atoms with Crippen LogP contribution in [0.15, 0.2) is 30.3 Å². The Balaban J connectivity index is 2.12. The average molecular weight is 232 g/mol. The standard InChI is InChI=1S/C14H20N2O/c1-10-8-9-14(10,13(15)17)16-11(2)12-6-4-3-5-7-12/h3-7,10-11,16H,8-9H2,1-2H3,(H2,15,17)/t10-,11-,14-/m1/s1. The third kappa shape index (κ3) is 2.07. The van der Waals surface area contributed by atoms with Crippen LogP contribution in [0.4, 0.5) is 0 Å². The lowest BCUT2D eigenvalue weighted by Crippen LogP contribution is -2.65. The summed E-state index contributed by atoms with van der Waals surface area (Å²) in [4.78, 5) is 11.6. The molecular weight excluding hydrogens is 212 g/mol. The van der Waals surface area contributed by atoms with Crippen LogP contribution < -0.4 is 11.1 Å². The lowest BCUT2D eigenvalue weighted by atomic mass is 9.66. The highest BCUT2D eigenvalue weighted by atomic mass is 16.1. The van der Waals surface area contributed by atoms with Crippen molar-refractivity contribution >= 4 is 5.91 Å². The maximum Gasteiger partial charge on any atom is 0.238 e. The molecule has 1 amide bonds. The van der Waals surface area contributed by atoms with Crippen LogP contribution in [0.5, 0.6) is 0 Å². The number of primary amides is 1. The summed E-state index contributed by atoms with van der Waals surface area (Å²) in [5.41, 5.74) is 6.23. The van der Waals surface area contributed by atoms with Gasteiger partial charge in [-0.1, -0.05) is 37.3 Å². The Morgan fingerprint density at radius 2 is 2.12 bits per heavy atom. The Morgan fingerprint density at radius 3 is 2.53 bits per heavy atom. The van der Waals surface area contributed by atoms with Gasteiger partial charge in [0.05, 0.1) is 0 Å². The first-order chi connectivity index (χ1) is 8.06. The van der Waals surface area contributed by atoms with E-state index in [2.05, 4.69) is 31.3 Å². The van der Waals surface area contributed by atoms with Gasteiger partial charge in [0.15, 0.2) is 0 Å². The average Bonchev–Trinajstić information content (AvgIpc) is 2.34. The van der Waals surface area contributed by atoms with E-state index in [0.29, 0.717) is 5.92 Å². The van der Waals surface area contributed by atoms with Gasteiger partial charge >= 0.3 is 0 Å². The van der Waals surface area contributed by atoms with E-state index in [1.54, 1.807) is 0 Å². The van der Waals surface area contributed by atoms with Crippen LogP contribution in [0.2, 0.25) is 0 Å². The molecule has 17 heavy (non-hydrogen) atoms. The molecule has 92 valence electrons. The molecule has 1 saturated carbocycles. The van der Waals surface area contributed by atoms with Gasteiger partial charge in [-0.15, -0.1) is 0 Å². The lowest BCUT2D eigenvalue weighted by Gasteiger charge is -2.47. The molecule has 0 heterocycles. The van der Waals surface area contributed by atoms with Crippen molar-refractivity contribution in [1.82, 2.24) is 5.32 Å². The summed E-state index contributed by atoms with van der Waals surface area (Å²) < 4.78 is 0. The summed E-state index contributed by atoms with van der Waals surface area (Å²) >= 11 is 0. The normalized spacial score (nSPS) is 29.4. The van der Waals surface area contributed by atoms with Gasteiger partial charge in [0.2, 0.25) is 5.91 Å². The van der Waals surface area contributed by atoms with E-state index < -0.39 is 5.54 Å². The van der Waals surface area contributed by atoms with Gasteiger partial charge in [0.1, 0.15) is 5.54 Å². The Kier molecular flexibility index (Phi) is 3.20. The molecule has 0 unspecified atom stereocenters. The van der Waals surface area contributed by atoms with E-state index in [-0.39, 0.29) is 11.9 Å². The molecule has 0 spiro atoms. The van der Waals surface area contributed by atoms with Crippen LogP contribution in [-0.2, 0) is 4.79 Å². The third-order valence-corrected chi connectivity index (χ3v) is 4.03. The van der Waals surface area contributed by atoms with Crippen molar-refractivity contribution in [2.75, 3.05) is 0 Å². The lowest BCUT2D eigenvalue weighted by molar-refractivity contribution is -0.131. The predicted molar refractivity (Wildman–Crippen MR) is 68.3 cm³/mol. The first-order valence-corrected chi connectivity index (χ1v) is 6.19. The maximum absolute atomic E-state index is 11.6. The van der Waals surface area contributed by atoms with Crippen LogP contribution in [0.1, 0.15) is 38.3 Å². The molecule has 1 aliphatic carbocycles. The number of amides is 1. The summed E-state index contributed by atoms with van der Waals surface area (Å²) in [6, 6.07) is 10.3. The Hall–Kier alpha value is -1.35. The fourth-order valence-corrected chi connectivity index (χ4v) is 2.58. The van der Waals surface area contributed by atoms with Gasteiger partial charge < -0.3 is 5.73 Å². The Labute approximate surface area is 102 Å². The van der Waals surface area contributed by atoms with Gasteiger partial charge in [0.25, 0.3) is 0 Å². The zero-order valence-corrected chi connectivity index (χ0v) is 10.4. The number of hydrogen-bond donors (Lipinski definition) is 2. The van der Waals surface area contributed by atoms with E-state index >= 15 is 0 Å². The molecule has 0 bridgehead atoms. The minimum Gasteiger partial charge on any atom is -0.368 e. The molecule has 1 aliphatic rings. The van der Waals surface area contributed by atoms with Crippen molar-refractivity contribution in [2.45, 2.75) is 38.3 Å². The molecule has 0 radical (unpaired) electrons. The van der Waals surface area contributed by atoms with Gasteiger partial charge in [-0.25, -0.2) is 0 Å². The highest BCUT2D eigenvalue weighted by molar-refractivity contribution is 5.86. The smallest absolute Gasteiger partial charge is 0.238 e. The second-order valence-electron chi connectivity index (χ2n) is 5.05. The second-order valence-corrected chi connectivity index (χ2v) is 5.05. The first kappa shape index (κ1) is 12.1. The summed E-state index contributed by atoms with van der Waals surface area (Å²) in [7, 11) is 0. The van der Waals surface area contributed by atoms with Crippen molar-refractivity contribution in [3.63, 3.8) is 0 Å². The number of hydrogen-bond acceptors (Lipinski definition) is 2. The van der Waals surface area contributed by atoms with Crippen molar-refractivity contribution in [3.05, 3.63) is 35.9 Å². The Morgan fingerprint density at radius 1 is 1.47 bits per heavy atom. The highest BCUT2D eigenvalue weighted by Crippen LogP contribution is 2.39. The summed E-state index contributed by atoms with van der Waals surface area (Å²) in [6.07, 6.45) is 1.91. The van der Waals surface area contributed by atoms with Crippen molar-refractivity contribution in [2.24, 2.45) is 11.7 Å². The van der Waals surface area contributed by atoms with Crippen LogP contribution in [0.3, 0.4) is 0 Å². The number of benzene rings is 1. The summed E-state index contributed by atoms with van der Waals surface area (Å²) in [5.74, 6) is 0.102. The van der Waals surface area contributed by atoms with Crippen molar-refractivity contribution < 1.29 is 4.79 Å². The minimum atomic E-state index is -0.505. The van der Waals surface area contributed by atoms with Gasteiger partial charge in [0, 0.05) is 6.04 Å². The molecule has 3 atom stereocenters. The zero-order chi connectivity index (χ0) is 12.5. The van der Waals surface area contributed by atoms with Crippen LogP contribution in [0.25, 0.3) is 0 Å². The molecule has 0 aliphatic heterocycles.